The van der Waals surface area contributed by atoms with E-state index in [-0.39, 0.29) is 11.9 Å². The first-order chi connectivity index (χ1) is 14.4. The summed E-state index contributed by atoms with van der Waals surface area (Å²) in [4.78, 5) is 26.3. The number of hydrogen-bond donors (Lipinski definition) is 1. The molecule has 0 saturated heterocycles. The summed E-state index contributed by atoms with van der Waals surface area (Å²) >= 11 is 1.49. The maximum Gasteiger partial charge on any atom is 0.341 e. The lowest BCUT2D eigenvalue weighted by Gasteiger charge is -2.18. The molecule has 1 N–H and O–H groups in total. The first-order valence-electron chi connectivity index (χ1n) is 10.3. The number of fused-ring (bicyclic) bond motifs is 2. The van der Waals surface area contributed by atoms with Crippen molar-refractivity contribution in [3.8, 4) is 0 Å². The fourth-order valence-corrected chi connectivity index (χ4v) is 5.21. The molecule has 5 nitrogen and oxygen atoms in total. The van der Waals surface area contributed by atoms with Gasteiger partial charge in [0, 0.05) is 16.3 Å². The number of carbonyl (C=O) groups is 2. The molecule has 4 rings (SSSR count). The summed E-state index contributed by atoms with van der Waals surface area (Å²) in [5.74, 6) is 0.516. The Labute approximate surface area is 179 Å². The fraction of sp³-hybridized carbons (Fsp3) is 0.333. The van der Waals surface area contributed by atoms with E-state index in [1.807, 2.05) is 31.2 Å². The third-order valence-electron chi connectivity index (χ3n) is 5.32. The number of hydrogen-bond acceptors (Lipinski definition) is 5. The molecule has 0 aliphatic heterocycles. The van der Waals surface area contributed by atoms with Crippen LogP contribution in [0.15, 0.2) is 34.8 Å². The van der Waals surface area contributed by atoms with Gasteiger partial charge in [-0.15, -0.1) is 11.3 Å². The fourth-order valence-electron chi connectivity index (χ4n) is 3.81. The third-order valence-corrected chi connectivity index (χ3v) is 6.49. The predicted octanol–water partition coefficient (Wildman–Crippen LogP) is 5.76. The summed E-state index contributed by atoms with van der Waals surface area (Å²) in [6, 6.07) is 7.88. The molecule has 1 aromatic carbocycles. The highest BCUT2D eigenvalue weighted by Crippen LogP contribution is 2.40. The van der Waals surface area contributed by atoms with E-state index in [0.29, 0.717) is 28.8 Å². The Morgan fingerprint density at radius 2 is 2.17 bits per heavy atom. The van der Waals surface area contributed by atoms with Gasteiger partial charge in [-0.25, -0.2) is 4.79 Å². The van der Waals surface area contributed by atoms with Crippen LogP contribution in [0.25, 0.3) is 17.0 Å². The number of rotatable bonds is 5. The minimum atomic E-state index is -0.364. The normalized spacial score (nSPS) is 16.0. The van der Waals surface area contributed by atoms with Crippen LogP contribution in [0, 0.1) is 12.8 Å². The van der Waals surface area contributed by atoms with Gasteiger partial charge < -0.3 is 14.5 Å². The second-order valence-electron chi connectivity index (χ2n) is 7.79. The van der Waals surface area contributed by atoms with Gasteiger partial charge in [-0.05, 0) is 68.4 Å². The van der Waals surface area contributed by atoms with Gasteiger partial charge in [0.1, 0.15) is 16.3 Å². The van der Waals surface area contributed by atoms with Crippen LogP contribution in [0.4, 0.5) is 5.00 Å². The number of thiophene rings is 1. The highest BCUT2D eigenvalue weighted by Gasteiger charge is 2.28. The largest absolute Gasteiger partial charge is 0.462 e. The summed E-state index contributed by atoms with van der Waals surface area (Å²) < 4.78 is 11.0. The second-order valence-corrected chi connectivity index (χ2v) is 8.89. The number of benzene rings is 1. The second kappa shape index (κ2) is 8.48. The van der Waals surface area contributed by atoms with Gasteiger partial charge in [0.25, 0.3) is 0 Å². The van der Waals surface area contributed by atoms with E-state index in [2.05, 4.69) is 12.2 Å². The minimum Gasteiger partial charge on any atom is -0.462 e. The maximum atomic E-state index is 12.6. The van der Waals surface area contributed by atoms with Crippen LogP contribution in [0.1, 0.15) is 52.4 Å². The molecule has 3 aromatic rings. The number of carbonyl (C=O) groups excluding carboxylic acids is 2. The van der Waals surface area contributed by atoms with Crippen molar-refractivity contribution >= 4 is 45.3 Å². The average molecular weight is 424 g/mol. The zero-order valence-electron chi connectivity index (χ0n) is 17.4. The van der Waals surface area contributed by atoms with E-state index in [4.69, 9.17) is 9.15 Å². The van der Waals surface area contributed by atoms with E-state index in [9.17, 15) is 9.59 Å². The molecular weight excluding hydrogens is 398 g/mol. The molecule has 0 radical (unpaired) electrons. The molecule has 2 aromatic heterocycles. The summed E-state index contributed by atoms with van der Waals surface area (Å²) in [6.07, 6.45) is 5.88. The molecule has 156 valence electrons. The van der Waals surface area contributed by atoms with Gasteiger partial charge in [0.2, 0.25) is 5.91 Å². The van der Waals surface area contributed by atoms with E-state index in [1.54, 1.807) is 13.0 Å². The molecule has 2 heterocycles. The maximum absolute atomic E-state index is 12.6. The Kier molecular flexibility index (Phi) is 5.77. The molecule has 6 heteroatoms. The van der Waals surface area contributed by atoms with Crippen molar-refractivity contribution in [2.24, 2.45) is 5.92 Å². The molecule has 1 amide bonds. The van der Waals surface area contributed by atoms with Crippen molar-refractivity contribution in [3.05, 3.63) is 57.7 Å². The van der Waals surface area contributed by atoms with Crippen molar-refractivity contribution in [1.82, 2.24) is 0 Å². The zero-order chi connectivity index (χ0) is 21.3. The molecular formula is C24H25NO4S. The van der Waals surface area contributed by atoms with Gasteiger partial charge in [-0.2, -0.15) is 0 Å². The summed E-state index contributed by atoms with van der Waals surface area (Å²) in [5, 5.41) is 4.45. The lowest BCUT2D eigenvalue weighted by Crippen LogP contribution is -2.15. The molecule has 30 heavy (non-hydrogen) atoms. The summed E-state index contributed by atoms with van der Waals surface area (Å²) in [7, 11) is 0. The Hall–Kier alpha value is -2.86. The van der Waals surface area contributed by atoms with Gasteiger partial charge in [0.15, 0.2) is 0 Å². The van der Waals surface area contributed by atoms with Crippen LogP contribution in [-0.2, 0) is 22.4 Å². The molecule has 1 aliphatic rings. The minimum absolute atomic E-state index is 0.302. The molecule has 0 bridgehead atoms. The average Bonchev–Trinajstić information content (AvgIpc) is 3.26. The van der Waals surface area contributed by atoms with Crippen molar-refractivity contribution in [3.63, 3.8) is 0 Å². The van der Waals surface area contributed by atoms with Crippen molar-refractivity contribution < 1.29 is 18.7 Å². The Morgan fingerprint density at radius 3 is 2.97 bits per heavy atom. The van der Waals surface area contributed by atoms with Crippen LogP contribution >= 0.6 is 11.3 Å². The Bertz CT molecular complexity index is 1140. The van der Waals surface area contributed by atoms with Crippen LogP contribution in [0.3, 0.4) is 0 Å². The van der Waals surface area contributed by atoms with Gasteiger partial charge in [-0.3, -0.25) is 4.79 Å². The highest BCUT2D eigenvalue weighted by molar-refractivity contribution is 7.17. The van der Waals surface area contributed by atoms with Crippen molar-refractivity contribution in [1.29, 1.82) is 0 Å². The van der Waals surface area contributed by atoms with Crippen LogP contribution in [0.2, 0.25) is 0 Å². The zero-order valence-corrected chi connectivity index (χ0v) is 18.2. The summed E-state index contributed by atoms with van der Waals surface area (Å²) in [5.41, 5.74) is 3.46. The van der Waals surface area contributed by atoms with Gasteiger partial charge in [-0.1, -0.05) is 19.1 Å². The van der Waals surface area contributed by atoms with Gasteiger partial charge in [0.05, 0.1) is 12.2 Å². The first-order valence-corrected chi connectivity index (χ1v) is 11.1. The summed E-state index contributed by atoms with van der Waals surface area (Å²) in [6.45, 7) is 6.31. The number of aryl methyl sites for hydroxylation is 1. The van der Waals surface area contributed by atoms with Crippen LogP contribution in [-0.4, -0.2) is 18.5 Å². The standard InChI is InChI=1S/C24H25NO4S/c1-4-28-24(27)22-18-9-6-15(3)12-20(18)30-23(22)25-21(26)10-8-17-13-16-7-5-14(2)11-19(16)29-17/h5,7-8,10-11,13,15H,4,6,9,12H2,1-3H3,(H,25,26). The molecule has 1 aliphatic carbocycles. The lowest BCUT2D eigenvalue weighted by atomic mass is 9.88. The number of nitrogens with one attached hydrogen (secondary N) is 1. The number of amides is 1. The van der Waals surface area contributed by atoms with Crippen LogP contribution < -0.4 is 5.32 Å². The molecule has 1 atom stereocenters. The van der Waals surface area contributed by atoms with Crippen molar-refractivity contribution in [2.75, 3.05) is 11.9 Å². The first kappa shape index (κ1) is 20.4. The molecule has 0 fully saturated rings. The monoisotopic (exact) mass is 423 g/mol. The SMILES string of the molecule is CCOC(=O)c1c(NC(=O)C=Cc2cc3ccc(C)cc3o2)sc2c1CCC(C)C2. The Balaban J connectivity index is 1.56. The van der Waals surface area contributed by atoms with Crippen LogP contribution in [0.5, 0.6) is 0 Å². The number of ether oxygens (including phenoxy) is 1. The number of esters is 1. The number of anilines is 1. The van der Waals surface area contributed by atoms with E-state index in [1.165, 1.54) is 22.3 Å². The smallest absolute Gasteiger partial charge is 0.341 e. The predicted molar refractivity (Wildman–Crippen MR) is 120 cm³/mol. The number of furan rings is 1. The third kappa shape index (κ3) is 4.19. The molecule has 0 saturated carbocycles. The Morgan fingerprint density at radius 1 is 1.33 bits per heavy atom. The van der Waals surface area contributed by atoms with Gasteiger partial charge >= 0.3 is 5.97 Å². The molecule has 0 spiro atoms. The molecule has 1 unspecified atom stereocenters. The highest BCUT2D eigenvalue weighted by atomic mass is 32.1. The van der Waals surface area contributed by atoms with Crippen molar-refractivity contribution in [2.45, 2.75) is 40.0 Å². The van der Waals surface area contributed by atoms with E-state index >= 15 is 0 Å². The van der Waals surface area contributed by atoms with E-state index < -0.39 is 0 Å². The topological polar surface area (TPSA) is 68.5 Å². The van der Waals surface area contributed by atoms with E-state index in [0.717, 1.165) is 41.4 Å². The quantitative estimate of drug-likeness (QED) is 0.419. The lowest BCUT2D eigenvalue weighted by molar-refractivity contribution is -0.111.